The largest absolute Gasteiger partial charge is 0.493 e. The molecule has 1 heterocycles. The molecule has 8 heteroatoms. The number of hydrogen-bond donors (Lipinski definition) is 1. The van der Waals surface area contributed by atoms with Crippen LogP contribution in [0.3, 0.4) is 0 Å². The quantitative estimate of drug-likeness (QED) is 0.593. The Balaban J connectivity index is 1.83. The predicted molar refractivity (Wildman–Crippen MR) is 103 cm³/mol. The minimum Gasteiger partial charge on any atom is -0.493 e. The van der Waals surface area contributed by atoms with Crippen molar-refractivity contribution in [3.8, 4) is 11.5 Å². The first-order valence-electron chi connectivity index (χ1n) is 8.45. The summed E-state index contributed by atoms with van der Waals surface area (Å²) in [5.74, 6) is -0.0423. The number of methoxy groups -OCH3 is 2. The Labute approximate surface area is 167 Å². The number of carbonyl (C=O) groups excluding carboxylic acids is 3. The first-order chi connectivity index (χ1) is 13.3. The van der Waals surface area contributed by atoms with Crippen LogP contribution in [-0.4, -0.2) is 43.4 Å². The molecule has 0 saturated carbocycles. The Bertz CT molecular complexity index is 944. The number of rotatable bonds is 6. The summed E-state index contributed by atoms with van der Waals surface area (Å²) in [5, 5.41) is 3.18. The molecular formula is C20H19ClN2O5. The van der Waals surface area contributed by atoms with Gasteiger partial charge in [-0.15, -0.1) is 0 Å². The number of Topliss-reactive ketones (excluding diaryl/α,β-unsaturated/α-hetero) is 1. The van der Waals surface area contributed by atoms with E-state index in [0.29, 0.717) is 27.6 Å². The first kappa shape index (κ1) is 19.7. The molecule has 1 aliphatic rings. The Morgan fingerprint density at radius 1 is 1.07 bits per heavy atom. The second-order valence-electron chi connectivity index (χ2n) is 6.45. The third-order valence-corrected chi connectivity index (χ3v) is 4.96. The maximum atomic E-state index is 12.9. The summed E-state index contributed by atoms with van der Waals surface area (Å²) in [6, 6.07) is 10.6. The van der Waals surface area contributed by atoms with Gasteiger partial charge in [0.1, 0.15) is 5.54 Å². The van der Waals surface area contributed by atoms with Gasteiger partial charge in [0.2, 0.25) is 0 Å². The molecule has 146 valence electrons. The van der Waals surface area contributed by atoms with E-state index >= 15 is 0 Å². The molecule has 3 rings (SSSR count). The van der Waals surface area contributed by atoms with Gasteiger partial charge in [0.25, 0.3) is 5.91 Å². The number of hydrogen-bond acceptors (Lipinski definition) is 5. The van der Waals surface area contributed by atoms with Crippen LogP contribution < -0.4 is 14.8 Å². The van der Waals surface area contributed by atoms with Crippen molar-refractivity contribution in [3.05, 3.63) is 58.6 Å². The minimum absolute atomic E-state index is 0.304. The van der Waals surface area contributed by atoms with Gasteiger partial charge in [-0.2, -0.15) is 0 Å². The van der Waals surface area contributed by atoms with Crippen LogP contribution in [0.1, 0.15) is 22.8 Å². The van der Waals surface area contributed by atoms with Crippen LogP contribution >= 0.6 is 11.6 Å². The van der Waals surface area contributed by atoms with E-state index < -0.39 is 23.3 Å². The summed E-state index contributed by atoms with van der Waals surface area (Å²) < 4.78 is 10.3. The van der Waals surface area contributed by atoms with E-state index in [2.05, 4.69) is 5.32 Å². The third kappa shape index (κ3) is 3.41. The first-order valence-corrected chi connectivity index (χ1v) is 8.83. The zero-order chi connectivity index (χ0) is 20.5. The average Bonchev–Trinajstić information content (AvgIpc) is 2.91. The van der Waals surface area contributed by atoms with E-state index in [1.807, 2.05) is 0 Å². The second-order valence-corrected chi connectivity index (χ2v) is 6.88. The molecule has 0 spiro atoms. The topological polar surface area (TPSA) is 84.9 Å². The highest BCUT2D eigenvalue weighted by Gasteiger charge is 2.49. The highest BCUT2D eigenvalue weighted by Crippen LogP contribution is 2.31. The van der Waals surface area contributed by atoms with Crippen LogP contribution in [-0.2, 0) is 10.3 Å². The SMILES string of the molecule is COc1ccc(C(=O)CN2C(=O)NC(C)(c3ccc(Cl)cc3)C2=O)cc1OC. The van der Waals surface area contributed by atoms with Gasteiger partial charge in [-0.05, 0) is 42.8 Å². The van der Waals surface area contributed by atoms with E-state index in [4.69, 9.17) is 21.1 Å². The summed E-state index contributed by atoms with van der Waals surface area (Å²) in [6.45, 7) is 1.21. The zero-order valence-corrected chi connectivity index (χ0v) is 16.4. The molecule has 0 radical (unpaired) electrons. The molecule has 1 N–H and O–H groups in total. The van der Waals surface area contributed by atoms with E-state index in [9.17, 15) is 14.4 Å². The molecular weight excluding hydrogens is 384 g/mol. The number of urea groups is 1. The highest BCUT2D eigenvalue weighted by atomic mass is 35.5. The number of benzene rings is 2. The molecule has 2 aromatic rings. The van der Waals surface area contributed by atoms with Crippen molar-refractivity contribution in [2.75, 3.05) is 20.8 Å². The maximum Gasteiger partial charge on any atom is 0.325 e. The Kier molecular flexibility index (Phi) is 5.29. The van der Waals surface area contributed by atoms with E-state index in [1.165, 1.54) is 20.3 Å². The summed E-state index contributed by atoms with van der Waals surface area (Å²) in [7, 11) is 2.95. The van der Waals surface area contributed by atoms with Crippen molar-refractivity contribution in [1.29, 1.82) is 0 Å². The zero-order valence-electron chi connectivity index (χ0n) is 15.6. The van der Waals surface area contributed by atoms with Crippen molar-refractivity contribution in [3.63, 3.8) is 0 Å². The lowest BCUT2D eigenvalue weighted by Crippen LogP contribution is -2.41. The second kappa shape index (κ2) is 7.52. The molecule has 1 atom stereocenters. The fraction of sp³-hybridized carbons (Fsp3) is 0.250. The normalized spacial score (nSPS) is 18.8. The summed E-state index contributed by atoms with van der Waals surface area (Å²) in [5.41, 5.74) is -0.380. The number of amides is 3. The molecule has 3 amide bonds. The number of nitrogens with zero attached hydrogens (tertiary/aromatic N) is 1. The van der Waals surface area contributed by atoms with Crippen LogP contribution in [0, 0.1) is 0 Å². The van der Waals surface area contributed by atoms with Gasteiger partial charge in [-0.25, -0.2) is 4.79 Å². The third-order valence-electron chi connectivity index (χ3n) is 4.70. The molecule has 1 fully saturated rings. The molecule has 2 aromatic carbocycles. The average molecular weight is 403 g/mol. The molecule has 0 aliphatic carbocycles. The van der Waals surface area contributed by atoms with E-state index in [-0.39, 0.29) is 6.54 Å². The van der Waals surface area contributed by atoms with Crippen molar-refractivity contribution >= 4 is 29.3 Å². The van der Waals surface area contributed by atoms with E-state index in [1.54, 1.807) is 43.3 Å². The van der Waals surface area contributed by atoms with Crippen molar-refractivity contribution < 1.29 is 23.9 Å². The summed E-state index contributed by atoms with van der Waals surface area (Å²) in [6.07, 6.45) is 0. The van der Waals surface area contributed by atoms with Gasteiger partial charge < -0.3 is 14.8 Å². The van der Waals surface area contributed by atoms with Crippen LogP contribution in [0.25, 0.3) is 0 Å². The number of imide groups is 1. The summed E-state index contributed by atoms with van der Waals surface area (Å²) in [4.78, 5) is 38.9. The molecule has 0 aromatic heterocycles. The lowest BCUT2D eigenvalue weighted by molar-refractivity contribution is -0.130. The van der Waals surface area contributed by atoms with Gasteiger partial charge in [-0.1, -0.05) is 23.7 Å². The lowest BCUT2D eigenvalue weighted by atomic mass is 9.92. The smallest absolute Gasteiger partial charge is 0.325 e. The number of ether oxygens (including phenoxy) is 2. The minimum atomic E-state index is -1.26. The monoisotopic (exact) mass is 402 g/mol. The van der Waals surface area contributed by atoms with Crippen LogP contribution in [0.15, 0.2) is 42.5 Å². The standard InChI is InChI=1S/C20H19ClN2O5/c1-20(13-5-7-14(21)8-6-13)18(25)23(19(26)22-20)11-15(24)12-4-9-16(27-2)17(10-12)28-3/h4-10H,11H2,1-3H3,(H,22,26). The Morgan fingerprint density at radius 2 is 1.71 bits per heavy atom. The van der Waals surface area contributed by atoms with Crippen molar-refractivity contribution in [2.45, 2.75) is 12.5 Å². The summed E-state index contributed by atoms with van der Waals surface area (Å²) >= 11 is 5.89. The molecule has 1 unspecified atom stereocenters. The Morgan fingerprint density at radius 3 is 2.32 bits per heavy atom. The lowest BCUT2D eigenvalue weighted by Gasteiger charge is -2.22. The highest BCUT2D eigenvalue weighted by molar-refractivity contribution is 6.30. The van der Waals surface area contributed by atoms with Gasteiger partial charge in [-0.3, -0.25) is 14.5 Å². The van der Waals surface area contributed by atoms with Crippen molar-refractivity contribution in [1.82, 2.24) is 10.2 Å². The molecule has 1 saturated heterocycles. The number of halogens is 1. The predicted octanol–water partition coefficient (Wildman–Crippen LogP) is 3.01. The van der Waals surface area contributed by atoms with Crippen LogP contribution in [0.4, 0.5) is 4.79 Å². The molecule has 28 heavy (non-hydrogen) atoms. The molecule has 1 aliphatic heterocycles. The molecule has 0 bridgehead atoms. The van der Waals surface area contributed by atoms with Gasteiger partial charge in [0.05, 0.1) is 20.8 Å². The van der Waals surface area contributed by atoms with Crippen molar-refractivity contribution in [2.24, 2.45) is 0 Å². The van der Waals surface area contributed by atoms with Gasteiger partial charge in [0, 0.05) is 10.6 Å². The molecule has 7 nitrogen and oxygen atoms in total. The Hall–Kier alpha value is -3.06. The van der Waals surface area contributed by atoms with Gasteiger partial charge in [0.15, 0.2) is 17.3 Å². The maximum absolute atomic E-state index is 12.9. The fourth-order valence-electron chi connectivity index (χ4n) is 3.06. The van der Waals surface area contributed by atoms with E-state index in [0.717, 1.165) is 4.90 Å². The van der Waals surface area contributed by atoms with Crippen LogP contribution in [0.2, 0.25) is 5.02 Å². The number of nitrogens with one attached hydrogen (secondary N) is 1. The number of carbonyl (C=O) groups is 3. The fourth-order valence-corrected chi connectivity index (χ4v) is 3.19. The van der Waals surface area contributed by atoms with Gasteiger partial charge >= 0.3 is 6.03 Å². The van der Waals surface area contributed by atoms with Crippen LogP contribution in [0.5, 0.6) is 11.5 Å². The number of ketones is 1.